The van der Waals surface area contributed by atoms with Crippen molar-refractivity contribution in [1.82, 2.24) is 4.98 Å². The van der Waals surface area contributed by atoms with Crippen LogP contribution in [0, 0.1) is 20.8 Å². The van der Waals surface area contributed by atoms with E-state index in [1.165, 1.54) is 11.1 Å². The molecule has 3 N–H and O–H groups in total. The van der Waals surface area contributed by atoms with E-state index in [4.69, 9.17) is 5.73 Å². The second-order valence-electron chi connectivity index (χ2n) is 5.20. The summed E-state index contributed by atoms with van der Waals surface area (Å²) >= 11 is 0. The van der Waals surface area contributed by atoms with E-state index < -0.39 is 6.10 Å². The lowest BCUT2D eigenvalue weighted by Gasteiger charge is -2.14. The Morgan fingerprint density at radius 3 is 2.32 bits per heavy atom. The van der Waals surface area contributed by atoms with E-state index in [0.29, 0.717) is 17.8 Å². The largest absolute Gasteiger partial charge is 0.388 e. The molecule has 0 aliphatic carbocycles. The highest BCUT2D eigenvalue weighted by molar-refractivity contribution is 5.43. The van der Waals surface area contributed by atoms with Gasteiger partial charge >= 0.3 is 0 Å². The Bertz CT molecular complexity index is 573. The van der Waals surface area contributed by atoms with Crippen molar-refractivity contribution in [2.45, 2.75) is 33.3 Å². The van der Waals surface area contributed by atoms with Gasteiger partial charge in [0.2, 0.25) is 0 Å². The highest BCUT2D eigenvalue weighted by Gasteiger charge is 2.13. The molecule has 0 spiro atoms. The number of rotatable bonds is 3. The van der Waals surface area contributed by atoms with Crippen molar-refractivity contribution in [3.05, 3.63) is 58.3 Å². The molecule has 0 aliphatic heterocycles. The summed E-state index contributed by atoms with van der Waals surface area (Å²) in [5.41, 5.74) is 11.1. The van der Waals surface area contributed by atoms with E-state index in [9.17, 15) is 5.11 Å². The van der Waals surface area contributed by atoms with Crippen LogP contribution in [0.4, 0.5) is 5.82 Å². The molecule has 0 fully saturated rings. The number of aryl methyl sites for hydroxylation is 3. The number of nitrogens with two attached hydrogens (primary N) is 1. The maximum absolute atomic E-state index is 10.3. The molecule has 1 aromatic heterocycles. The van der Waals surface area contributed by atoms with Crippen LogP contribution in [0.25, 0.3) is 0 Å². The van der Waals surface area contributed by atoms with Gasteiger partial charge in [0.15, 0.2) is 0 Å². The fourth-order valence-corrected chi connectivity index (χ4v) is 2.39. The second kappa shape index (κ2) is 5.41. The average molecular weight is 256 g/mol. The van der Waals surface area contributed by atoms with Crippen LogP contribution in [0.1, 0.15) is 33.9 Å². The van der Waals surface area contributed by atoms with Crippen LogP contribution in [0.3, 0.4) is 0 Å². The molecule has 0 bridgehead atoms. The number of benzene rings is 1. The lowest BCUT2D eigenvalue weighted by molar-refractivity contribution is 0.179. The third-order valence-electron chi connectivity index (χ3n) is 3.16. The van der Waals surface area contributed by atoms with Gasteiger partial charge in [0.1, 0.15) is 5.82 Å². The molecule has 1 heterocycles. The van der Waals surface area contributed by atoms with E-state index >= 15 is 0 Å². The van der Waals surface area contributed by atoms with Gasteiger partial charge in [-0.2, -0.15) is 0 Å². The summed E-state index contributed by atoms with van der Waals surface area (Å²) in [5.74, 6) is 0.405. The number of pyridine rings is 1. The molecule has 1 atom stereocenters. The maximum Gasteiger partial charge on any atom is 0.129 e. The smallest absolute Gasteiger partial charge is 0.129 e. The van der Waals surface area contributed by atoms with Gasteiger partial charge < -0.3 is 10.8 Å². The zero-order chi connectivity index (χ0) is 14.0. The zero-order valence-corrected chi connectivity index (χ0v) is 11.6. The molecule has 3 heteroatoms. The predicted molar refractivity (Wildman–Crippen MR) is 78.0 cm³/mol. The summed E-state index contributed by atoms with van der Waals surface area (Å²) in [4.78, 5) is 4.09. The van der Waals surface area contributed by atoms with Crippen LogP contribution in [0.2, 0.25) is 0 Å². The van der Waals surface area contributed by atoms with E-state index in [1.54, 1.807) is 6.20 Å². The van der Waals surface area contributed by atoms with Crippen LogP contribution < -0.4 is 5.73 Å². The highest BCUT2D eigenvalue weighted by atomic mass is 16.3. The number of aromatic nitrogens is 1. The van der Waals surface area contributed by atoms with Crippen LogP contribution in [0.5, 0.6) is 0 Å². The first-order chi connectivity index (χ1) is 8.95. The van der Waals surface area contributed by atoms with Crippen molar-refractivity contribution in [2.75, 3.05) is 5.73 Å². The van der Waals surface area contributed by atoms with E-state index in [2.05, 4.69) is 37.0 Å². The Labute approximate surface area is 114 Å². The van der Waals surface area contributed by atoms with Crippen LogP contribution >= 0.6 is 0 Å². The normalized spacial score (nSPS) is 12.4. The number of hydrogen-bond acceptors (Lipinski definition) is 3. The van der Waals surface area contributed by atoms with Gasteiger partial charge in [0, 0.05) is 18.2 Å². The number of anilines is 1. The maximum atomic E-state index is 10.3. The van der Waals surface area contributed by atoms with Crippen molar-refractivity contribution in [1.29, 1.82) is 0 Å². The van der Waals surface area contributed by atoms with Crippen molar-refractivity contribution < 1.29 is 5.11 Å². The molecule has 0 saturated carbocycles. The van der Waals surface area contributed by atoms with Crippen molar-refractivity contribution in [3.63, 3.8) is 0 Å². The predicted octanol–water partition coefficient (Wildman–Crippen LogP) is 2.87. The van der Waals surface area contributed by atoms with Gasteiger partial charge in [-0.05, 0) is 38.0 Å². The molecule has 0 saturated heterocycles. The van der Waals surface area contributed by atoms with Gasteiger partial charge in [-0.25, -0.2) is 4.98 Å². The highest BCUT2D eigenvalue weighted by Crippen LogP contribution is 2.24. The molecule has 2 rings (SSSR count). The number of hydrogen-bond donors (Lipinski definition) is 2. The molecule has 1 aromatic carbocycles. The second-order valence-corrected chi connectivity index (χ2v) is 5.20. The summed E-state index contributed by atoms with van der Waals surface area (Å²) in [6.07, 6.45) is 1.65. The average Bonchev–Trinajstić information content (AvgIpc) is 2.30. The topological polar surface area (TPSA) is 59.1 Å². The van der Waals surface area contributed by atoms with E-state index in [1.807, 2.05) is 13.0 Å². The number of aliphatic hydroxyl groups excluding tert-OH is 1. The standard InChI is InChI=1S/C16H20N2O/c1-10-4-11(2)6-13(5-10)8-15(19)14-7-12(3)9-18-16(14)17/h4-7,9,15,19H,8H2,1-3H3,(H2,17,18). The Morgan fingerprint density at radius 1 is 1.05 bits per heavy atom. The first-order valence-corrected chi connectivity index (χ1v) is 6.43. The molecule has 0 aliphatic rings. The van der Waals surface area contributed by atoms with Gasteiger partial charge in [0.25, 0.3) is 0 Å². The Hall–Kier alpha value is -1.87. The summed E-state index contributed by atoms with van der Waals surface area (Å²) < 4.78 is 0. The Morgan fingerprint density at radius 2 is 1.68 bits per heavy atom. The Kier molecular flexibility index (Phi) is 3.86. The van der Waals surface area contributed by atoms with Gasteiger partial charge in [-0.3, -0.25) is 0 Å². The lowest BCUT2D eigenvalue weighted by atomic mass is 9.98. The molecule has 100 valence electrons. The summed E-state index contributed by atoms with van der Waals surface area (Å²) in [7, 11) is 0. The van der Waals surface area contributed by atoms with E-state index in [0.717, 1.165) is 11.1 Å². The summed E-state index contributed by atoms with van der Waals surface area (Å²) in [6.45, 7) is 6.07. The van der Waals surface area contributed by atoms with Crippen molar-refractivity contribution in [2.24, 2.45) is 0 Å². The van der Waals surface area contributed by atoms with Crippen molar-refractivity contribution in [3.8, 4) is 0 Å². The van der Waals surface area contributed by atoms with E-state index in [-0.39, 0.29) is 0 Å². The summed E-state index contributed by atoms with van der Waals surface area (Å²) in [5, 5.41) is 10.3. The SMILES string of the molecule is Cc1cc(C)cc(CC(O)c2cc(C)cnc2N)c1. The first kappa shape index (κ1) is 13.6. The first-order valence-electron chi connectivity index (χ1n) is 6.43. The number of nitrogen functional groups attached to an aromatic ring is 1. The van der Waals surface area contributed by atoms with Gasteiger partial charge in [-0.15, -0.1) is 0 Å². The zero-order valence-electron chi connectivity index (χ0n) is 11.6. The number of nitrogens with zero attached hydrogens (tertiary/aromatic N) is 1. The lowest BCUT2D eigenvalue weighted by Crippen LogP contribution is -2.07. The third kappa shape index (κ3) is 3.32. The van der Waals surface area contributed by atoms with Crippen LogP contribution in [-0.2, 0) is 6.42 Å². The molecule has 3 nitrogen and oxygen atoms in total. The fraction of sp³-hybridized carbons (Fsp3) is 0.312. The van der Waals surface area contributed by atoms with Gasteiger partial charge in [0.05, 0.1) is 6.10 Å². The van der Waals surface area contributed by atoms with Gasteiger partial charge in [-0.1, -0.05) is 29.3 Å². The molecule has 0 amide bonds. The molecule has 1 unspecified atom stereocenters. The molecule has 0 radical (unpaired) electrons. The Balaban J connectivity index is 2.25. The minimum Gasteiger partial charge on any atom is -0.388 e. The van der Waals surface area contributed by atoms with Crippen molar-refractivity contribution >= 4 is 5.82 Å². The molecular formula is C16H20N2O. The minimum atomic E-state index is -0.617. The number of aliphatic hydroxyl groups is 1. The molecule has 2 aromatic rings. The van der Waals surface area contributed by atoms with Crippen LogP contribution in [-0.4, -0.2) is 10.1 Å². The monoisotopic (exact) mass is 256 g/mol. The minimum absolute atomic E-state index is 0.405. The molecule has 19 heavy (non-hydrogen) atoms. The fourth-order valence-electron chi connectivity index (χ4n) is 2.39. The third-order valence-corrected chi connectivity index (χ3v) is 3.16. The summed E-state index contributed by atoms with van der Waals surface area (Å²) in [6, 6.07) is 8.21. The molecular weight excluding hydrogens is 236 g/mol. The van der Waals surface area contributed by atoms with Crippen LogP contribution in [0.15, 0.2) is 30.5 Å². The quantitative estimate of drug-likeness (QED) is 0.887.